The van der Waals surface area contributed by atoms with Crippen LogP contribution < -0.4 is 10.6 Å². The molecule has 4 nitrogen and oxygen atoms in total. The zero-order valence-corrected chi connectivity index (χ0v) is 12.1. The van der Waals surface area contributed by atoms with E-state index in [2.05, 4.69) is 20.5 Å². The Morgan fingerprint density at radius 2 is 1.95 bits per heavy atom. The molecule has 1 saturated heterocycles. The van der Waals surface area contributed by atoms with Crippen LogP contribution in [0.2, 0.25) is 0 Å². The summed E-state index contributed by atoms with van der Waals surface area (Å²) in [6.45, 7) is 4.62. The predicted molar refractivity (Wildman–Crippen MR) is 83.4 cm³/mol. The second kappa shape index (κ2) is 8.07. The number of likely N-dealkylation sites (tertiary alicyclic amines) is 1. The normalized spacial score (nSPS) is 16.0. The summed E-state index contributed by atoms with van der Waals surface area (Å²) in [7, 11) is 0. The Balaban J connectivity index is 1.56. The number of anilines is 1. The minimum Gasteiger partial charge on any atom is -0.362 e. The third kappa shape index (κ3) is 5.53. The minimum absolute atomic E-state index is 0.685. The maximum atomic E-state index is 5.25. The van der Waals surface area contributed by atoms with Gasteiger partial charge in [0.2, 0.25) is 0 Å². The first-order valence-corrected chi connectivity index (χ1v) is 7.43. The Kier molecular flexibility index (Phi) is 6.04. The van der Waals surface area contributed by atoms with E-state index in [9.17, 15) is 0 Å². The number of aromatic nitrogens is 1. The molecule has 104 valence electrons. The number of nitrogens with zero attached hydrogens (tertiary/aromatic N) is 2. The van der Waals surface area contributed by atoms with Crippen LogP contribution in [0.25, 0.3) is 0 Å². The molecule has 1 fully saturated rings. The van der Waals surface area contributed by atoms with Crippen molar-refractivity contribution in [2.75, 3.05) is 31.5 Å². The molecule has 19 heavy (non-hydrogen) atoms. The SMILES string of the molecule is S=C(NCCCN1CCCCC1)Nc1ccncc1. The van der Waals surface area contributed by atoms with Gasteiger partial charge in [-0.3, -0.25) is 4.98 Å². The summed E-state index contributed by atoms with van der Waals surface area (Å²) in [5.41, 5.74) is 0.975. The van der Waals surface area contributed by atoms with E-state index in [0.717, 1.165) is 18.7 Å². The average molecular weight is 278 g/mol. The lowest BCUT2D eigenvalue weighted by molar-refractivity contribution is 0.227. The maximum absolute atomic E-state index is 5.25. The Morgan fingerprint density at radius 3 is 2.68 bits per heavy atom. The highest BCUT2D eigenvalue weighted by Crippen LogP contribution is 2.08. The average Bonchev–Trinajstić information content (AvgIpc) is 2.46. The van der Waals surface area contributed by atoms with Crippen molar-refractivity contribution in [2.45, 2.75) is 25.7 Å². The van der Waals surface area contributed by atoms with E-state index in [4.69, 9.17) is 12.2 Å². The summed E-state index contributed by atoms with van der Waals surface area (Å²) in [6.07, 6.45) is 8.75. The van der Waals surface area contributed by atoms with E-state index >= 15 is 0 Å². The van der Waals surface area contributed by atoms with E-state index in [1.807, 2.05) is 12.1 Å². The Bertz CT molecular complexity index is 376. The van der Waals surface area contributed by atoms with Gasteiger partial charge in [0.25, 0.3) is 0 Å². The molecule has 0 bridgehead atoms. The largest absolute Gasteiger partial charge is 0.362 e. The maximum Gasteiger partial charge on any atom is 0.170 e. The lowest BCUT2D eigenvalue weighted by Gasteiger charge is -2.26. The molecule has 2 rings (SSSR count). The van der Waals surface area contributed by atoms with Gasteiger partial charge in [-0.25, -0.2) is 0 Å². The van der Waals surface area contributed by atoms with E-state index in [1.165, 1.54) is 38.9 Å². The standard InChI is InChI=1S/C14H22N4S/c19-14(17-13-5-8-15-9-6-13)16-7-4-12-18-10-2-1-3-11-18/h5-6,8-9H,1-4,7,10-12H2,(H2,15,16,17,19). The quantitative estimate of drug-likeness (QED) is 0.638. The Labute approximate surface area is 120 Å². The number of piperidine rings is 1. The minimum atomic E-state index is 0.685. The van der Waals surface area contributed by atoms with Gasteiger partial charge >= 0.3 is 0 Å². The molecule has 0 saturated carbocycles. The van der Waals surface area contributed by atoms with Gasteiger partial charge in [0.15, 0.2) is 5.11 Å². The summed E-state index contributed by atoms with van der Waals surface area (Å²) in [6, 6.07) is 3.81. The number of nitrogens with one attached hydrogen (secondary N) is 2. The van der Waals surface area contributed by atoms with Gasteiger partial charge in [-0.05, 0) is 63.2 Å². The zero-order chi connectivity index (χ0) is 13.3. The lowest BCUT2D eigenvalue weighted by atomic mass is 10.1. The topological polar surface area (TPSA) is 40.2 Å². The van der Waals surface area contributed by atoms with Crippen LogP contribution in [0.3, 0.4) is 0 Å². The van der Waals surface area contributed by atoms with Crippen LogP contribution in [0.1, 0.15) is 25.7 Å². The third-order valence-corrected chi connectivity index (χ3v) is 3.57. The molecular formula is C14H22N4S. The number of rotatable bonds is 5. The van der Waals surface area contributed by atoms with E-state index < -0.39 is 0 Å². The van der Waals surface area contributed by atoms with Gasteiger partial charge in [0, 0.05) is 24.6 Å². The highest BCUT2D eigenvalue weighted by Gasteiger charge is 2.08. The van der Waals surface area contributed by atoms with Crippen LogP contribution in [0, 0.1) is 0 Å². The molecule has 1 aromatic rings. The van der Waals surface area contributed by atoms with Crippen LogP contribution in [0.15, 0.2) is 24.5 Å². The molecule has 2 N–H and O–H groups in total. The lowest BCUT2D eigenvalue weighted by Crippen LogP contribution is -2.34. The molecule has 1 aliphatic heterocycles. The van der Waals surface area contributed by atoms with Crippen LogP contribution in [-0.2, 0) is 0 Å². The molecule has 0 aromatic carbocycles. The third-order valence-electron chi connectivity index (χ3n) is 3.32. The monoisotopic (exact) mass is 278 g/mol. The molecule has 0 amide bonds. The van der Waals surface area contributed by atoms with Crippen molar-refractivity contribution >= 4 is 23.0 Å². The Morgan fingerprint density at radius 1 is 1.21 bits per heavy atom. The van der Waals surface area contributed by atoms with Crippen LogP contribution in [0.4, 0.5) is 5.69 Å². The molecule has 1 aromatic heterocycles. The number of hydrogen-bond donors (Lipinski definition) is 2. The molecule has 0 radical (unpaired) electrons. The summed E-state index contributed by atoms with van der Waals surface area (Å²) < 4.78 is 0. The fraction of sp³-hybridized carbons (Fsp3) is 0.571. The zero-order valence-electron chi connectivity index (χ0n) is 11.3. The molecule has 0 atom stereocenters. The van der Waals surface area contributed by atoms with Crippen molar-refractivity contribution in [3.8, 4) is 0 Å². The van der Waals surface area contributed by atoms with Gasteiger partial charge in [-0.2, -0.15) is 0 Å². The van der Waals surface area contributed by atoms with Crippen LogP contribution in [-0.4, -0.2) is 41.2 Å². The first kappa shape index (κ1) is 14.2. The molecule has 0 spiro atoms. The highest BCUT2D eigenvalue weighted by atomic mass is 32.1. The summed E-state index contributed by atoms with van der Waals surface area (Å²) in [5.74, 6) is 0. The summed E-state index contributed by atoms with van der Waals surface area (Å²) >= 11 is 5.25. The first-order valence-electron chi connectivity index (χ1n) is 7.02. The first-order chi connectivity index (χ1) is 9.34. The van der Waals surface area contributed by atoms with E-state index in [1.54, 1.807) is 12.4 Å². The van der Waals surface area contributed by atoms with Crippen LogP contribution in [0.5, 0.6) is 0 Å². The smallest absolute Gasteiger partial charge is 0.170 e. The Hall–Kier alpha value is -1.20. The van der Waals surface area contributed by atoms with Crippen LogP contribution >= 0.6 is 12.2 Å². The molecule has 5 heteroatoms. The molecule has 0 unspecified atom stereocenters. The van der Waals surface area contributed by atoms with Gasteiger partial charge in [0.05, 0.1) is 0 Å². The molecule has 0 aliphatic carbocycles. The van der Waals surface area contributed by atoms with Gasteiger partial charge in [0.1, 0.15) is 0 Å². The van der Waals surface area contributed by atoms with Gasteiger partial charge < -0.3 is 15.5 Å². The number of thiocarbonyl (C=S) groups is 1. The molecular weight excluding hydrogens is 256 g/mol. The van der Waals surface area contributed by atoms with Crippen molar-refractivity contribution in [1.82, 2.24) is 15.2 Å². The van der Waals surface area contributed by atoms with Crippen molar-refractivity contribution in [3.63, 3.8) is 0 Å². The van der Waals surface area contributed by atoms with Crippen molar-refractivity contribution in [2.24, 2.45) is 0 Å². The number of hydrogen-bond acceptors (Lipinski definition) is 3. The molecule has 1 aliphatic rings. The summed E-state index contributed by atoms with van der Waals surface area (Å²) in [5, 5.41) is 7.08. The van der Waals surface area contributed by atoms with Gasteiger partial charge in [-0.15, -0.1) is 0 Å². The second-order valence-electron chi connectivity index (χ2n) is 4.87. The van der Waals surface area contributed by atoms with Gasteiger partial charge in [-0.1, -0.05) is 6.42 Å². The van der Waals surface area contributed by atoms with Crippen molar-refractivity contribution in [1.29, 1.82) is 0 Å². The highest BCUT2D eigenvalue weighted by molar-refractivity contribution is 7.80. The second-order valence-corrected chi connectivity index (χ2v) is 5.28. The van der Waals surface area contributed by atoms with Crippen molar-refractivity contribution in [3.05, 3.63) is 24.5 Å². The van der Waals surface area contributed by atoms with Crippen molar-refractivity contribution < 1.29 is 0 Å². The fourth-order valence-electron chi connectivity index (χ4n) is 2.30. The summed E-state index contributed by atoms with van der Waals surface area (Å²) in [4.78, 5) is 6.52. The predicted octanol–water partition coefficient (Wildman–Crippen LogP) is 2.24. The molecule has 2 heterocycles. The fourth-order valence-corrected chi connectivity index (χ4v) is 2.52. The van der Waals surface area contributed by atoms with E-state index in [-0.39, 0.29) is 0 Å². The number of pyridine rings is 1. The van der Waals surface area contributed by atoms with E-state index in [0.29, 0.717) is 5.11 Å².